The van der Waals surface area contributed by atoms with E-state index < -0.39 is 28.5 Å². The van der Waals surface area contributed by atoms with E-state index >= 15 is 0 Å². The van der Waals surface area contributed by atoms with Gasteiger partial charge in [0.05, 0.1) is 16.1 Å². The van der Waals surface area contributed by atoms with Crippen LogP contribution < -0.4 is 9.62 Å². The Morgan fingerprint density at radius 2 is 1.75 bits per heavy atom. The fourth-order valence-electron chi connectivity index (χ4n) is 3.41. The van der Waals surface area contributed by atoms with Gasteiger partial charge in [0.2, 0.25) is 0 Å². The number of hydrogen-bond donors (Lipinski definition) is 1. The summed E-state index contributed by atoms with van der Waals surface area (Å²) in [5, 5.41) is 3.11. The molecule has 1 amide bonds. The number of nitrogens with one attached hydrogen (secondary N) is 1. The van der Waals surface area contributed by atoms with Crippen LogP contribution in [0.3, 0.4) is 0 Å². The number of halogens is 1. The van der Waals surface area contributed by atoms with E-state index in [1.807, 2.05) is 12.1 Å². The number of para-hydroxylation sites is 1. The second kappa shape index (κ2) is 9.02. The highest BCUT2D eigenvalue weighted by molar-refractivity contribution is 7.92. The number of amides is 1. The number of ether oxygens (including phenoxy) is 1. The smallest absolute Gasteiger partial charge is 0.338 e. The number of benzene rings is 3. The maximum atomic E-state index is 13.2. The zero-order valence-corrected chi connectivity index (χ0v) is 18.4. The molecule has 1 aliphatic heterocycles. The summed E-state index contributed by atoms with van der Waals surface area (Å²) in [7, 11) is -3.85. The minimum Gasteiger partial charge on any atom is -0.452 e. The molecule has 0 atom stereocenters. The maximum Gasteiger partial charge on any atom is 0.338 e. The van der Waals surface area contributed by atoms with Gasteiger partial charge in [-0.25, -0.2) is 13.2 Å². The summed E-state index contributed by atoms with van der Waals surface area (Å²) < 4.78 is 32.7. The average molecular weight is 471 g/mol. The normalized spacial score (nSPS) is 12.8. The SMILES string of the molecule is O=C(COC(=O)c1cccc(S(=O)(=O)N2CCc3ccccc32)c1)Nc1ccc(Cl)cc1. The molecule has 0 fully saturated rings. The lowest BCUT2D eigenvalue weighted by atomic mass is 10.2. The van der Waals surface area contributed by atoms with Crippen molar-refractivity contribution in [3.05, 3.63) is 88.9 Å². The predicted molar refractivity (Wildman–Crippen MR) is 121 cm³/mol. The van der Waals surface area contributed by atoms with Gasteiger partial charge in [-0.2, -0.15) is 0 Å². The minimum atomic E-state index is -3.85. The summed E-state index contributed by atoms with van der Waals surface area (Å²) in [6.45, 7) is -0.181. The monoisotopic (exact) mass is 470 g/mol. The highest BCUT2D eigenvalue weighted by atomic mass is 35.5. The largest absolute Gasteiger partial charge is 0.452 e. The number of esters is 1. The van der Waals surface area contributed by atoms with Crippen molar-refractivity contribution >= 4 is 44.9 Å². The van der Waals surface area contributed by atoms with Crippen molar-refractivity contribution < 1.29 is 22.7 Å². The van der Waals surface area contributed by atoms with Crippen molar-refractivity contribution in [2.75, 3.05) is 22.8 Å². The van der Waals surface area contributed by atoms with Gasteiger partial charge in [-0.3, -0.25) is 9.10 Å². The second-order valence-electron chi connectivity index (χ2n) is 7.11. The summed E-state index contributed by atoms with van der Waals surface area (Å²) in [6, 6.07) is 19.4. The van der Waals surface area contributed by atoms with Crippen molar-refractivity contribution in [2.24, 2.45) is 0 Å². The standard InChI is InChI=1S/C23H19ClN2O5S/c24-18-8-10-19(11-9-18)25-22(27)15-31-23(28)17-5-3-6-20(14-17)32(29,30)26-13-12-16-4-1-2-7-21(16)26/h1-11,14H,12-13,15H2,(H,25,27). The van der Waals surface area contributed by atoms with Crippen molar-refractivity contribution in [3.8, 4) is 0 Å². The molecule has 1 N–H and O–H groups in total. The molecule has 4 rings (SSSR count). The Kier molecular flexibility index (Phi) is 6.16. The van der Waals surface area contributed by atoms with E-state index in [0.717, 1.165) is 5.56 Å². The molecule has 1 heterocycles. The summed E-state index contributed by atoms with van der Waals surface area (Å²) in [5.74, 6) is -1.33. The van der Waals surface area contributed by atoms with Gasteiger partial charge in [0.1, 0.15) is 0 Å². The number of nitrogens with zero attached hydrogens (tertiary/aromatic N) is 1. The highest BCUT2D eigenvalue weighted by Gasteiger charge is 2.31. The summed E-state index contributed by atoms with van der Waals surface area (Å²) in [6.07, 6.45) is 0.625. The molecule has 0 saturated carbocycles. The number of rotatable bonds is 6. The fourth-order valence-corrected chi connectivity index (χ4v) is 5.09. The van der Waals surface area contributed by atoms with Crippen LogP contribution in [0.25, 0.3) is 0 Å². The molecule has 0 aliphatic carbocycles. The lowest BCUT2D eigenvalue weighted by Gasteiger charge is -2.19. The molecule has 164 valence electrons. The van der Waals surface area contributed by atoms with Gasteiger partial charge in [-0.1, -0.05) is 35.9 Å². The number of carbonyl (C=O) groups excluding carboxylic acids is 2. The van der Waals surface area contributed by atoms with E-state index in [4.69, 9.17) is 16.3 Å². The lowest BCUT2D eigenvalue weighted by Crippen LogP contribution is -2.29. The van der Waals surface area contributed by atoms with Gasteiger partial charge >= 0.3 is 5.97 Å². The van der Waals surface area contributed by atoms with E-state index in [2.05, 4.69) is 5.32 Å². The Bertz CT molecular complexity index is 1280. The van der Waals surface area contributed by atoms with Gasteiger partial charge in [-0.15, -0.1) is 0 Å². The van der Waals surface area contributed by atoms with Crippen LogP contribution in [-0.4, -0.2) is 33.4 Å². The highest BCUT2D eigenvalue weighted by Crippen LogP contribution is 2.32. The van der Waals surface area contributed by atoms with Crippen molar-refractivity contribution in [3.63, 3.8) is 0 Å². The Labute approximate surface area is 190 Å². The molecule has 3 aromatic rings. The van der Waals surface area contributed by atoms with Gasteiger partial charge in [0.25, 0.3) is 15.9 Å². The predicted octanol–water partition coefficient (Wildman–Crippen LogP) is 3.89. The number of sulfonamides is 1. The second-order valence-corrected chi connectivity index (χ2v) is 9.41. The first-order valence-corrected chi connectivity index (χ1v) is 11.6. The molecule has 0 aromatic heterocycles. The molecular formula is C23H19ClN2O5S. The van der Waals surface area contributed by atoms with E-state index in [1.165, 1.54) is 28.6 Å². The quantitative estimate of drug-likeness (QED) is 0.552. The minimum absolute atomic E-state index is 0.0192. The van der Waals surface area contributed by atoms with Crippen LogP contribution in [0.4, 0.5) is 11.4 Å². The van der Waals surface area contributed by atoms with Crippen LogP contribution in [0, 0.1) is 0 Å². The Morgan fingerprint density at radius 3 is 2.53 bits per heavy atom. The van der Waals surface area contributed by atoms with Crippen LogP contribution in [0.1, 0.15) is 15.9 Å². The molecular weight excluding hydrogens is 452 g/mol. The molecule has 0 bridgehead atoms. The average Bonchev–Trinajstić information content (AvgIpc) is 3.24. The van der Waals surface area contributed by atoms with E-state index in [1.54, 1.807) is 36.4 Å². The van der Waals surface area contributed by atoms with Crippen molar-refractivity contribution in [1.82, 2.24) is 0 Å². The van der Waals surface area contributed by atoms with Crippen molar-refractivity contribution in [1.29, 1.82) is 0 Å². The van der Waals surface area contributed by atoms with Gasteiger partial charge in [0, 0.05) is 17.3 Å². The topological polar surface area (TPSA) is 92.8 Å². The van der Waals surface area contributed by atoms with Gasteiger partial charge in [0.15, 0.2) is 6.61 Å². The van der Waals surface area contributed by atoms with Crippen LogP contribution >= 0.6 is 11.6 Å². The van der Waals surface area contributed by atoms with Crippen LogP contribution in [0.2, 0.25) is 5.02 Å². The molecule has 1 aliphatic rings. The zero-order valence-electron chi connectivity index (χ0n) is 16.8. The van der Waals surface area contributed by atoms with E-state index in [0.29, 0.717) is 29.4 Å². The fraction of sp³-hybridized carbons (Fsp3) is 0.130. The van der Waals surface area contributed by atoms with Crippen LogP contribution in [0.5, 0.6) is 0 Å². The summed E-state index contributed by atoms with van der Waals surface area (Å²) in [5.41, 5.74) is 2.14. The zero-order chi connectivity index (χ0) is 22.7. The third-order valence-corrected chi connectivity index (χ3v) is 7.03. The van der Waals surface area contributed by atoms with Gasteiger partial charge < -0.3 is 10.1 Å². The molecule has 0 spiro atoms. The summed E-state index contributed by atoms with van der Waals surface area (Å²) >= 11 is 5.80. The first-order valence-electron chi connectivity index (χ1n) is 9.78. The first-order chi connectivity index (χ1) is 15.3. The number of hydrogen-bond acceptors (Lipinski definition) is 5. The van der Waals surface area contributed by atoms with Crippen molar-refractivity contribution in [2.45, 2.75) is 11.3 Å². The maximum absolute atomic E-state index is 13.2. The van der Waals surface area contributed by atoms with E-state index in [9.17, 15) is 18.0 Å². The van der Waals surface area contributed by atoms with Crippen LogP contribution in [0.15, 0.2) is 77.7 Å². The molecule has 0 radical (unpaired) electrons. The Morgan fingerprint density at radius 1 is 1.00 bits per heavy atom. The molecule has 32 heavy (non-hydrogen) atoms. The first kappa shape index (κ1) is 21.9. The third kappa shape index (κ3) is 4.61. The molecule has 0 saturated heterocycles. The third-order valence-electron chi connectivity index (χ3n) is 4.96. The molecule has 9 heteroatoms. The van der Waals surface area contributed by atoms with Crippen LogP contribution in [-0.2, 0) is 26.0 Å². The molecule has 3 aromatic carbocycles. The number of carbonyl (C=O) groups is 2. The number of anilines is 2. The van der Waals surface area contributed by atoms with E-state index in [-0.39, 0.29) is 10.5 Å². The lowest BCUT2D eigenvalue weighted by molar-refractivity contribution is -0.119. The molecule has 7 nitrogen and oxygen atoms in total. The van der Waals surface area contributed by atoms with Gasteiger partial charge in [-0.05, 0) is 60.5 Å². The Hall–Kier alpha value is -3.36. The summed E-state index contributed by atoms with van der Waals surface area (Å²) in [4.78, 5) is 24.4. The molecule has 0 unspecified atom stereocenters. The Balaban J connectivity index is 1.44. The number of fused-ring (bicyclic) bond motifs is 1.